The molecule has 0 aliphatic carbocycles. The number of nitrogens with zero attached hydrogens (tertiary/aromatic N) is 4. The molecule has 4 heterocycles. The van der Waals surface area contributed by atoms with Crippen LogP contribution < -0.4 is 24.7 Å². The van der Waals surface area contributed by atoms with Crippen LogP contribution in [0, 0.1) is 5.41 Å². The van der Waals surface area contributed by atoms with E-state index in [-0.39, 0.29) is 56.2 Å². The molecule has 22 heteroatoms. The Kier molecular flexibility index (Phi) is 24.9. The molecule has 522 valence electrons. The van der Waals surface area contributed by atoms with Gasteiger partial charge in [0.05, 0.1) is 26.4 Å². The third kappa shape index (κ3) is 17.8. The molecule has 2 aromatic heterocycles. The molecule has 10 aromatic rings. The summed E-state index contributed by atoms with van der Waals surface area (Å²) in [6, 6.07) is 76.5. The summed E-state index contributed by atoms with van der Waals surface area (Å²) in [6.45, 7) is 1.00. The molecule has 2 fully saturated rings. The molecule has 19 nitrogen and oxygen atoms in total. The van der Waals surface area contributed by atoms with Gasteiger partial charge in [0, 0.05) is 54.7 Å². The molecule has 2 unspecified atom stereocenters. The quantitative estimate of drug-likeness (QED) is 0.00436. The molecule has 8 aromatic carbocycles. The van der Waals surface area contributed by atoms with E-state index in [1.165, 1.54) is 34.9 Å². The van der Waals surface area contributed by atoms with Gasteiger partial charge >= 0.3 is 11.9 Å². The van der Waals surface area contributed by atoms with E-state index in [0.29, 0.717) is 48.6 Å². The molecule has 0 saturated carbocycles. The first-order chi connectivity index (χ1) is 50.1. The highest BCUT2D eigenvalue weighted by Gasteiger charge is 2.58. The van der Waals surface area contributed by atoms with Gasteiger partial charge in [0.1, 0.15) is 34.7 Å². The lowest BCUT2D eigenvalue weighted by Crippen LogP contribution is -2.74. The zero-order chi connectivity index (χ0) is 70.4. The van der Waals surface area contributed by atoms with E-state index in [9.17, 15) is 9.59 Å². The third-order valence-electron chi connectivity index (χ3n) is 17.2. The second-order valence-corrected chi connectivity index (χ2v) is 27.0. The Bertz CT molecular complexity index is 4190. The van der Waals surface area contributed by atoms with Crippen molar-refractivity contribution in [3.63, 3.8) is 0 Å². The molecule has 0 radical (unpaired) electrons. The number of amides is 2. The number of benzene rings is 8. The van der Waals surface area contributed by atoms with Crippen LogP contribution in [0.2, 0.25) is 0 Å². The van der Waals surface area contributed by atoms with Crippen molar-refractivity contribution in [3.05, 3.63) is 311 Å². The maximum Gasteiger partial charge on any atom is 0.373 e. The van der Waals surface area contributed by atoms with Gasteiger partial charge in [0.2, 0.25) is 12.5 Å². The number of methoxy groups -OCH3 is 2. The SMILES string of the molecule is COCCOCOc1ccc(CON=C(C(=O)NC2C(=O)N3CC(CSc4cc[n+](CC(=O)OC(c5ccccc5)c5ccccc5)cc4)(C(=O)OC(c4ccccc4)c4ccccc4)CS[C@H]23)c2csc(NC(c3ccccc3)(c3ccccc3)c3ccccc3)n2)cc1OCOCCOC. The fourth-order valence-electron chi connectivity index (χ4n) is 11.9. The van der Waals surface area contributed by atoms with Crippen LogP contribution in [0.3, 0.4) is 0 Å². The van der Waals surface area contributed by atoms with Crippen LogP contribution in [-0.4, -0.2) is 123 Å². The van der Waals surface area contributed by atoms with Crippen molar-refractivity contribution < 1.29 is 66.5 Å². The number of oxime groups is 1. The number of carbonyl (C=O) groups excluding carboxylic acids is 4. The van der Waals surface area contributed by atoms with E-state index in [0.717, 1.165) is 43.8 Å². The van der Waals surface area contributed by atoms with Crippen molar-refractivity contribution >= 4 is 69.5 Å². The highest BCUT2D eigenvalue weighted by Crippen LogP contribution is 2.47. The predicted octanol–water partition coefficient (Wildman–Crippen LogP) is 12.6. The molecule has 2 aliphatic rings. The Hall–Kier alpha value is -10.2. The smallest absolute Gasteiger partial charge is 0.373 e. The van der Waals surface area contributed by atoms with Gasteiger partial charge in [-0.1, -0.05) is 224 Å². The standard InChI is InChI=1S/C80H76N6O13S3/c1-91-44-46-93-55-95-67-39-38-57(48-68(67)96-56-94-47-45-92-2)50-97-84-70(66-51-100-78(81-66)83-80(62-32-18-7-19-33-62,63-34-20-8-21-35-63)64-36-22-9-23-37-64)74(88)82-71-75(89)86-52-79(54-102-76(71)86,77(90)99-73(60-28-14-5-15-29-60)61-30-16-6-17-31-61)53-101-65-40-42-85(43-41-65)49-69(87)98-72(58-24-10-3-11-25-58)59-26-12-4-13-27-59/h3-43,48,51,71-73,76H,44-47,49-50,52-56H2,1-2H3,(H-,81,82,83,88)/p+1/t71?,76-,79?/m1/s1. The fraction of sp³-hybridized carbons (Fsp3) is 0.237. The van der Waals surface area contributed by atoms with Crippen LogP contribution in [0.1, 0.15) is 62.4 Å². The van der Waals surface area contributed by atoms with Gasteiger partial charge in [-0.15, -0.1) is 34.9 Å². The highest BCUT2D eigenvalue weighted by molar-refractivity contribution is 8.00. The molecule has 0 spiro atoms. The summed E-state index contributed by atoms with van der Waals surface area (Å²) in [7, 11) is 3.17. The third-order valence-corrected chi connectivity index (χ3v) is 20.8. The number of fused-ring (bicyclic) bond motifs is 1. The van der Waals surface area contributed by atoms with E-state index in [1.54, 1.807) is 59.7 Å². The molecule has 3 atom stereocenters. The number of esters is 2. The van der Waals surface area contributed by atoms with Crippen LogP contribution >= 0.6 is 34.9 Å². The topological polar surface area (TPSA) is 208 Å². The largest absolute Gasteiger partial charge is 0.464 e. The summed E-state index contributed by atoms with van der Waals surface area (Å²) < 4.78 is 47.9. The lowest BCUT2D eigenvalue weighted by Gasteiger charge is -2.54. The Balaban J connectivity index is 0.806. The second kappa shape index (κ2) is 35.4. The highest BCUT2D eigenvalue weighted by atomic mass is 32.2. The van der Waals surface area contributed by atoms with Crippen LogP contribution in [0.5, 0.6) is 11.5 Å². The van der Waals surface area contributed by atoms with Gasteiger partial charge in [-0.05, 0) is 56.6 Å². The monoisotopic (exact) mass is 1430 g/mol. The van der Waals surface area contributed by atoms with Gasteiger partial charge in [0.15, 0.2) is 60.5 Å². The van der Waals surface area contributed by atoms with Crippen molar-refractivity contribution in [2.24, 2.45) is 10.6 Å². The minimum atomic E-state index is -1.25. The Morgan fingerprint density at radius 3 is 1.66 bits per heavy atom. The number of thiazole rings is 1. The lowest BCUT2D eigenvalue weighted by molar-refractivity contribution is -0.686. The average Bonchev–Trinajstić information content (AvgIpc) is 1.38. The molecule has 2 amide bonds. The van der Waals surface area contributed by atoms with Crippen molar-refractivity contribution in [2.45, 2.75) is 47.2 Å². The number of β-lactam (4-membered cyclic amide) rings is 1. The first kappa shape index (κ1) is 71.6. The predicted molar refractivity (Wildman–Crippen MR) is 391 cm³/mol. The molecule has 2 saturated heterocycles. The minimum Gasteiger partial charge on any atom is -0.464 e. The van der Waals surface area contributed by atoms with Crippen LogP contribution in [0.15, 0.2) is 270 Å². The maximum absolute atomic E-state index is 15.4. The minimum absolute atomic E-state index is 0.00646. The molecule has 0 bridgehead atoms. The molecule has 102 heavy (non-hydrogen) atoms. The zero-order valence-corrected chi connectivity index (χ0v) is 58.7. The maximum atomic E-state index is 15.4. The zero-order valence-electron chi connectivity index (χ0n) is 56.2. The summed E-state index contributed by atoms with van der Waals surface area (Å²) in [5.41, 5.74) is 4.46. The first-order valence-corrected chi connectivity index (χ1v) is 36.1. The van der Waals surface area contributed by atoms with E-state index in [1.807, 2.05) is 188 Å². The van der Waals surface area contributed by atoms with Crippen molar-refractivity contribution in [3.8, 4) is 11.5 Å². The Morgan fingerprint density at radius 1 is 0.637 bits per heavy atom. The van der Waals surface area contributed by atoms with Gasteiger partial charge in [-0.3, -0.25) is 14.4 Å². The summed E-state index contributed by atoms with van der Waals surface area (Å²) in [4.78, 5) is 72.8. The van der Waals surface area contributed by atoms with Crippen molar-refractivity contribution in [1.82, 2.24) is 15.2 Å². The number of hydrogen-bond acceptors (Lipinski definition) is 19. The number of carbonyl (C=O) groups is 4. The molecule has 2 aliphatic heterocycles. The van der Waals surface area contributed by atoms with Crippen LogP contribution in [0.4, 0.5) is 5.13 Å². The van der Waals surface area contributed by atoms with Gasteiger partial charge < -0.3 is 58.3 Å². The van der Waals surface area contributed by atoms with Crippen molar-refractivity contribution in [1.29, 1.82) is 0 Å². The molecular weight excluding hydrogens is 1350 g/mol. The molecular formula is C80H77N6O13S3+. The van der Waals surface area contributed by atoms with Crippen LogP contribution in [0.25, 0.3) is 0 Å². The number of rotatable bonds is 35. The fourth-order valence-corrected chi connectivity index (χ4v) is 15.4. The van der Waals surface area contributed by atoms with E-state index < -0.39 is 58.3 Å². The van der Waals surface area contributed by atoms with E-state index in [4.69, 9.17) is 47.7 Å². The average molecular weight is 1430 g/mol. The Morgan fingerprint density at radius 2 is 1.14 bits per heavy atom. The number of pyridine rings is 1. The van der Waals surface area contributed by atoms with Crippen molar-refractivity contribution in [2.75, 3.05) is 77.6 Å². The summed E-state index contributed by atoms with van der Waals surface area (Å²) >= 11 is 4.11. The van der Waals surface area contributed by atoms with E-state index in [2.05, 4.69) is 52.2 Å². The van der Waals surface area contributed by atoms with Gasteiger partial charge in [0.25, 0.3) is 5.91 Å². The van der Waals surface area contributed by atoms with E-state index >= 15 is 9.59 Å². The lowest BCUT2D eigenvalue weighted by atomic mass is 9.77. The van der Waals surface area contributed by atoms with Gasteiger partial charge in [-0.2, -0.15) is 4.57 Å². The first-order valence-electron chi connectivity index (χ1n) is 33.2. The normalized spacial score (nSPS) is 15.8. The number of thioether (sulfide) groups is 2. The number of aromatic nitrogens is 2. The molecule has 12 rings (SSSR count). The summed E-state index contributed by atoms with van der Waals surface area (Å²) in [6.07, 6.45) is 2.25. The number of nitrogens with one attached hydrogen (secondary N) is 2. The number of hydrogen-bond donors (Lipinski definition) is 2. The number of ether oxygens (including phenoxy) is 8. The Labute approximate surface area is 605 Å². The molecule has 2 N–H and O–H groups in total. The number of anilines is 1. The summed E-state index contributed by atoms with van der Waals surface area (Å²) in [5, 5.41) is 13.0. The summed E-state index contributed by atoms with van der Waals surface area (Å²) in [5.74, 6) is -0.868. The van der Waals surface area contributed by atoms with Crippen LogP contribution in [-0.2, 0) is 71.1 Å². The second-order valence-electron chi connectivity index (χ2n) is 24.0. The van der Waals surface area contributed by atoms with Gasteiger partial charge in [-0.25, -0.2) is 9.78 Å².